The molecule has 56 heavy (non-hydrogen) atoms. The van der Waals surface area contributed by atoms with Gasteiger partial charge in [-0.15, -0.1) is 0 Å². The highest BCUT2D eigenvalue weighted by molar-refractivity contribution is 5.69. The molecule has 2 atom stereocenters. The van der Waals surface area contributed by atoms with Gasteiger partial charge in [0.1, 0.15) is 34.9 Å². The molecule has 3 N–H and O–H groups in total. The number of alkyl carbamates (subject to hydrolysis) is 1. The quantitative estimate of drug-likeness (QED) is 0.108. The van der Waals surface area contributed by atoms with Crippen LogP contribution in [-0.4, -0.2) is 129 Å². The lowest BCUT2D eigenvalue weighted by molar-refractivity contribution is -0.0853. The number of hydrogen-bond donors (Lipinski definition) is 3. The van der Waals surface area contributed by atoms with Crippen LogP contribution in [-0.2, 0) is 18.9 Å². The molecule has 1 aliphatic rings. The largest absolute Gasteiger partial charge is 0.444 e. The van der Waals surface area contributed by atoms with Crippen molar-refractivity contribution in [1.29, 1.82) is 0 Å². The van der Waals surface area contributed by atoms with Gasteiger partial charge in [0, 0.05) is 63.5 Å². The van der Waals surface area contributed by atoms with E-state index in [9.17, 15) is 29.4 Å². The summed E-state index contributed by atoms with van der Waals surface area (Å²) < 4.78 is 22.4. The highest BCUT2D eigenvalue weighted by Gasteiger charge is 2.36. The van der Waals surface area contributed by atoms with E-state index in [1.54, 1.807) is 115 Å². The number of hydrogen-bond acceptors (Lipinski definition) is 11. The molecule has 0 fully saturated rings. The maximum Gasteiger partial charge on any atom is 0.410 e. The van der Waals surface area contributed by atoms with E-state index in [0.717, 1.165) is 0 Å². The van der Waals surface area contributed by atoms with Crippen LogP contribution < -0.4 is 5.32 Å². The Morgan fingerprint density at radius 3 is 1.27 bits per heavy atom. The molecule has 2 unspecified atom stereocenters. The number of aliphatic hydroxyl groups excluding tert-OH is 2. The number of carbonyl (C=O) groups excluding carboxylic acids is 4. The van der Waals surface area contributed by atoms with E-state index < -0.39 is 59.2 Å². The average Bonchev–Trinajstić information content (AvgIpc) is 3.27. The topological polar surface area (TPSA) is 171 Å². The monoisotopic (exact) mass is 794 g/mol. The molecule has 0 aliphatic carbocycles. The first-order valence-corrected chi connectivity index (χ1v) is 19.9. The van der Waals surface area contributed by atoms with Crippen molar-refractivity contribution < 1.29 is 48.3 Å². The van der Waals surface area contributed by atoms with Crippen molar-refractivity contribution in [3.8, 4) is 0 Å². The van der Waals surface area contributed by atoms with Crippen molar-refractivity contribution in [2.24, 2.45) is 0 Å². The summed E-state index contributed by atoms with van der Waals surface area (Å²) in [6, 6.07) is 7.22. The van der Waals surface area contributed by atoms with E-state index in [-0.39, 0.29) is 0 Å². The van der Waals surface area contributed by atoms with Gasteiger partial charge in [0.15, 0.2) is 0 Å². The molecular weight excluding hydrogens is 722 g/mol. The van der Waals surface area contributed by atoms with Gasteiger partial charge in [-0.1, -0.05) is 24.3 Å². The van der Waals surface area contributed by atoms with Crippen LogP contribution in [0.5, 0.6) is 0 Å². The predicted molar refractivity (Wildman–Crippen MR) is 214 cm³/mol. The van der Waals surface area contributed by atoms with E-state index >= 15 is 0 Å². The standard InChI is InChI=1S/C41H71N5O10/c1-38(2,3)53-34(49)42-22-17-25-43(35(50)54-39(4,5)6)23-15-16-24-44(36(51)55-40(7,8)9)26-18-27-45(37(52)56-41(10,11)12)28-19-29-46-32(47)30-20-13-14-21-31(30)33(46)48/h13-14,20-21,32-33,47-48H,15-19,22-29H2,1-12H3,(H,42,49). The Labute approximate surface area is 334 Å². The Hall–Kier alpha value is -3.82. The molecule has 1 aliphatic heterocycles. The zero-order valence-corrected chi connectivity index (χ0v) is 36.1. The van der Waals surface area contributed by atoms with E-state index in [1.807, 2.05) is 12.1 Å². The van der Waals surface area contributed by atoms with Crippen LogP contribution in [0, 0.1) is 0 Å². The fraction of sp³-hybridized carbons (Fsp3) is 0.756. The number of rotatable bonds is 17. The molecule has 2 rings (SSSR count). The predicted octanol–water partition coefficient (Wildman–Crippen LogP) is 7.17. The molecule has 1 heterocycles. The summed E-state index contributed by atoms with van der Waals surface area (Å²) in [5.41, 5.74) is -1.42. The number of nitrogens with one attached hydrogen (secondary N) is 1. The molecule has 0 bridgehead atoms. The summed E-state index contributed by atoms with van der Waals surface area (Å²) >= 11 is 0. The van der Waals surface area contributed by atoms with Crippen LogP contribution in [0.4, 0.5) is 19.2 Å². The summed E-state index contributed by atoms with van der Waals surface area (Å²) in [6.07, 6.45) is -1.32. The number of ether oxygens (including phenoxy) is 4. The van der Waals surface area contributed by atoms with Crippen molar-refractivity contribution in [1.82, 2.24) is 24.9 Å². The molecule has 0 aromatic heterocycles. The lowest BCUT2D eigenvalue weighted by Gasteiger charge is -2.31. The minimum absolute atomic E-state index is 0.295. The van der Waals surface area contributed by atoms with Crippen molar-refractivity contribution in [2.75, 3.05) is 52.4 Å². The minimum atomic E-state index is -0.948. The third kappa shape index (κ3) is 18.4. The van der Waals surface area contributed by atoms with Gasteiger partial charge in [-0.2, -0.15) is 0 Å². The van der Waals surface area contributed by atoms with Crippen LogP contribution in [0.2, 0.25) is 0 Å². The Kier molecular flexibility index (Phi) is 18.2. The summed E-state index contributed by atoms with van der Waals surface area (Å²) in [7, 11) is 0. The maximum absolute atomic E-state index is 13.4. The zero-order chi connectivity index (χ0) is 42.5. The fourth-order valence-corrected chi connectivity index (χ4v) is 5.86. The molecule has 15 heteroatoms. The van der Waals surface area contributed by atoms with Gasteiger partial charge < -0.3 is 49.2 Å². The van der Waals surface area contributed by atoms with Crippen LogP contribution in [0.25, 0.3) is 0 Å². The summed E-state index contributed by atoms with van der Waals surface area (Å²) in [5.74, 6) is 0. The van der Waals surface area contributed by atoms with Crippen molar-refractivity contribution >= 4 is 24.4 Å². The van der Waals surface area contributed by atoms with Crippen molar-refractivity contribution in [2.45, 2.75) is 150 Å². The van der Waals surface area contributed by atoms with E-state index in [0.29, 0.717) is 95.6 Å². The van der Waals surface area contributed by atoms with Gasteiger partial charge in [-0.3, -0.25) is 0 Å². The number of aliphatic hydroxyl groups is 2. The van der Waals surface area contributed by atoms with Gasteiger partial charge in [0.05, 0.1) is 0 Å². The Balaban J connectivity index is 2.04. The van der Waals surface area contributed by atoms with Crippen LogP contribution >= 0.6 is 0 Å². The number of nitrogens with zero attached hydrogens (tertiary/aromatic N) is 4. The summed E-state index contributed by atoms with van der Waals surface area (Å²) in [4.78, 5) is 58.2. The minimum Gasteiger partial charge on any atom is -0.444 e. The Morgan fingerprint density at radius 1 is 0.554 bits per heavy atom. The van der Waals surface area contributed by atoms with E-state index in [1.165, 1.54) is 0 Å². The zero-order valence-electron chi connectivity index (χ0n) is 36.1. The number of amides is 4. The third-order valence-electron chi connectivity index (χ3n) is 8.22. The van der Waals surface area contributed by atoms with Gasteiger partial charge in [0.25, 0.3) is 0 Å². The normalized spacial score (nSPS) is 16.1. The van der Waals surface area contributed by atoms with Gasteiger partial charge in [-0.05, 0) is 115 Å². The lowest BCUT2D eigenvalue weighted by Crippen LogP contribution is -2.42. The average molecular weight is 794 g/mol. The second kappa shape index (κ2) is 21.1. The number of carbonyl (C=O) groups is 4. The maximum atomic E-state index is 13.4. The van der Waals surface area contributed by atoms with Crippen LogP contribution in [0.1, 0.15) is 139 Å². The first-order valence-electron chi connectivity index (χ1n) is 19.9. The van der Waals surface area contributed by atoms with Crippen molar-refractivity contribution in [3.05, 3.63) is 35.4 Å². The lowest BCUT2D eigenvalue weighted by atomic mass is 10.1. The molecule has 15 nitrogen and oxygen atoms in total. The molecule has 0 saturated heterocycles. The second-order valence-corrected chi connectivity index (χ2v) is 18.2. The van der Waals surface area contributed by atoms with Gasteiger partial charge in [-0.25, -0.2) is 24.1 Å². The van der Waals surface area contributed by atoms with E-state index in [4.69, 9.17) is 18.9 Å². The summed E-state index contributed by atoms with van der Waals surface area (Å²) in [6.45, 7) is 24.2. The van der Waals surface area contributed by atoms with E-state index in [2.05, 4.69) is 5.32 Å². The SMILES string of the molecule is CC(C)(C)OC(=O)NCCCN(CCCCN(CCCN(CCCN1C(O)c2ccccc2C1O)C(=O)OC(C)(C)C)C(=O)OC(C)(C)C)C(=O)OC(C)(C)C. The first-order chi connectivity index (χ1) is 25.8. The molecular formula is C41H71N5O10. The van der Waals surface area contributed by atoms with Crippen LogP contribution in [0.15, 0.2) is 24.3 Å². The number of fused-ring (bicyclic) bond motifs is 1. The number of unbranched alkanes of at least 4 members (excludes halogenated alkanes) is 1. The Morgan fingerprint density at radius 2 is 0.893 bits per heavy atom. The fourth-order valence-electron chi connectivity index (χ4n) is 5.86. The Bertz CT molecular complexity index is 1380. The second-order valence-electron chi connectivity index (χ2n) is 18.2. The smallest absolute Gasteiger partial charge is 0.410 e. The van der Waals surface area contributed by atoms with Crippen LogP contribution in [0.3, 0.4) is 0 Å². The van der Waals surface area contributed by atoms with Crippen molar-refractivity contribution in [3.63, 3.8) is 0 Å². The molecule has 0 radical (unpaired) electrons. The van der Waals surface area contributed by atoms with Gasteiger partial charge in [0.2, 0.25) is 0 Å². The molecule has 4 amide bonds. The molecule has 0 spiro atoms. The first kappa shape index (κ1) is 48.3. The highest BCUT2D eigenvalue weighted by atomic mass is 16.6. The molecule has 1 aromatic rings. The third-order valence-corrected chi connectivity index (χ3v) is 8.22. The summed E-state index contributed by atoms with van der Waals surface area (Å²) in [5, 5.41) is 24.4. The molecule has 320 valence electrons. The highest BCUT2D eigenvalue weighted by Crippen LogP contribution is 2.38. The molecule has 1 aromatic carbocycles. The molecule has 0 saturated carbocycles. The number of benzene rings is 1. The van der Waals surface area contributed by atoms with Gasteiger partial charge >= 0.3 is 24.4 Å².